The Balaban J connectivity index is 1.86. The summed E-state index contributed by atoms with van der Waals surface area (Å²) in [5, 5.41) is 2.72. The minimum atomic E-state index is -0.528. The van der Waals surface area contributed by atoms with Gasteiger partial charge in [0.25, 0.3) is 0 Å². The Morgan fingerprint density at radius 1 is 1.31 bits per heavy atom. The van der Waals surface area contributed by atoms with Gasteiger partial charge in [0.1, 0.15) is 5.84 Å². The van der Waals surface area contributed by atoms with Crippen molar-refractivity contribution in [2.24, 2.45) is 15.9 Å². The topological polar surface area (TPSA) is 83.4 Å². The number of hydrogen-bond donors (Lipinski definition) is 1. The second-order valence-electron chi connectivity index (χ2n) is 5.81. The molecule has 0 fully saturated rings. The molecule has 134 valence electrons. The van der Waals surface area contributed by atoms with Crippen LogP contribution in [0.3, 0.4) is 0 Å². The van der Waals surface area contributed by atoms with E-state index in [1.54, 1.807) is 25.3 Å². The van der Waals surface area contributed by atoms with Gasteiger partial charge in [0.2, 0.25) is 0 Å². The van der Waals surface area contributed by atoms with E-state index in [9.17, 15) is 9.59 Å². The molecule has 26 heavy (non-hydrogen) atoms. The number of allylic oxidation sites excluding steroid dienone is 3. The van der Waals surface area contributed by atoms with E-state index in [1.807, 2.05) is 36.4 Å². The molecule has 0 aromatic heterocycles. The lowest BCUT2D eigenvalue weighted by atomic mass is 9.94. The summed E-state index contributed by atoms with van der Waals surface area (Å²) in [5.41, 5.74) is 1.23. The van der Waals surface area contributed by atoms with Crippen LogP contribution < -0.4 is 5.32 Å². The van der Waals surface area contributed by atoms with Crippen LogP contribution in [0.4, 0.5) is 15.3 Å². The molecule has 0 radical (unpaired) electrons. The SMILES string of the molecule is COCCCN1C(=O)N=C2C=CC=CC2/C1=N/C(=O)Nc1ccccc1. The number of benzene rings is 1. The van der Waals surface area contributed by atoms with E-state index in [4.69, 9.17) is 4.74 Å². The van der Waals surface area contributed by atoms with Gasteiger partial charge in [0.05, 0.1) is 11.6 Å². The number of para-hydroxylation sites is 1. The zero-order valence-corrected chi connectivity index (χ0v) is 14.5. The molecule has 1 atom stereocenters. The maximum atomic E-state index is 12.4. The fourth-order valence-corrected chi connectivity index (χ4v) is 2.78. The number of rotatable bonds is 5. The number of ether oxygens (including phenoxy) is 1. The summed E-state index contributed by atoms with van der Waals surface area (Å²) >= 11 is 0. The molecule has 1 unspecified atom stereocenters. The molecule has 7 heteroatoms. The molecule has 1 heterocycles. The number of nitrogens with one attached hydrogen (secondary N) is 1. The standard InChI is InChI=1S/C19H20N4O3/c1-26-13-7-12-23-17(15-10-5-6-11-16(15)21-19(23)25)22-18(24)20-14-8-3-2-4-9-14/h2-6,8-11,15H,7,12-13H2,1H3,(H,20,24)/b22-17-. The summed E-state index contributed by atoms with van der Waals surface area (Å²) in [4.78, 5) is 34.6. The molecule has 1 aromatic carbocycles. The number of nitrogens with zero attached hydrogens (tertiary/aromatic N) is 3. The molecule has 1 aliphatic heterocycles. The first-order valence-electron chi connectivity index (χ1n) is 8.37. The van der Waals surface area contributed by atoms with Crippen molar-refractivity contribution < 1.29 is 14.3 Å². The van der Waals surface area contributed by atoms with Crippen LogP contribution in [0.2, 0.25) is 0 Å². The minimum Gasteiger partial charge on any atom is -0.385 e. The number of fused-ring (bicyclic) bond motifs is 1. The summed E-state index contributed by atoms with van der Waals surface area (Å²) < 4.78 is 5.05. The molecule has 3 rings (SSSR count). The number of carbonyl (C=O) groups is 2. The van der Waals surface area contributed by atoms with Crippen LogP contribution in [-0.2, 0) is 4.74 Å². The lowest BCUT2D eigenvalue weighted by molar-refractivity contribution is 0.184. The monoisotopic (exact) mass is 352 g/mol. The summed E-state index contributed by atoms with van der Waals surface area (Å²) in [5.74, 6) is 0.0619. The molecule has 7 nitrogen and oxygen atoms in total. The molecule has 0 spiro atoms. The molecule has 0 saturated heterocycles. The Bertz CT molecular complexity index is 796. The molecule has 0 bridgehead atoms. The van der Waals surface area contributed by atoms with Crippen molar-refractivity contribution in [2.45, 2.75) is 6.42 Å². The van der Waals surface area contributed by atoms with E-state index in [1.165, 1.54) is 4.90 Å². The van der Waals surface area contributed by atoms with Gasteiger partial charge in [-0.2, -0.15) is 9.98 Å². The first-order valence-corrected chi connectivity index (χ1v) is 8.37. The van der Waals surface area contributed by atoms with Crippen molar-refractivity contribution in [1.82, 2.24) is 4.90 Å². The molecular weight excluding hydrogens is 332 g/mol. The van der Waals surface area contributed by atoms with Gasteiger partial charge in [-0.05, 0) is 24.6 Å². The largest absolute Gasteiger partial charge is 0.385 e. The molecule has 1 aliphatic carbocycles. The normalized spacial score (nSPS) is 20.1. The number of carbonyl (C=O) groups excluding carboxylic acids is 2. The summed E-state index contributed by atoms with van der Waals surface area (Å²) in [6.45, 7) is 0.888. The molecule has 4 amide bonds. The lowest BCUT2D eigenvalue weighted by Gasteiger charge is -2.31. The van der Waals surface area contributed by atoms with Gasteiger partial charge in [0, 0.05) is 25.9 Å². The maximum absolute atomic E-state index is 12.4. The molecular formula is C19H20N4O3. The first kappa shape index (κ1) is 17.8. The highest BCUT2D eigenvalue weighted by molar-refractivity contribution is 6.24. The Morgan fingerprint density at radius 2 is 2.12 bits per heavy atom. The number of urea groups is 2. The Kier molecular flexibility index (Phi) is 5.70. The van der Waals surface area contributed by atoms with Crippen LogP contribution in [0.1, 0.15) is 6.42 Å². The quantitative estimate of drug-likeness (QED) is 0.826. The highest BCUT2D eigenvalue weighted by Crippen LogP contribution is 2.21. The number of aliphatic imine (C=N–C) groups is 2. The number of hydrogen-bond acceptors (Lipinski definition) is 3. The average molecular weight is 352 g/mol. The zero-order valence-electron chi connectivity index (χ0n) is 14.5. The highest BCUT2D eigenvalue weighted by atomic mass is 16.5. The van der Waals surface area contributed by atoms with E-state index in [-0.39, 0.29) is 5.92 Å². The summed E-state index contributed by atoms with van der Waals surface area (Å²) in [6.07, 6.45) is 7.93. The van der Waals surface area contributed by atoms with Crippen molar-refractivity contribution in [3.8, 4) is 0 Å². The molecule has 0 saturated carbocycles. The van der Waals surface area contributed by atoms with Crippen molar-refractivity contribution in [2.75, 3.05) is 25.6 Å². The number of methoxy groups -OCH3 is 1. The van der Waals surface area contributed by atoms with Crippen LogP contribution in [0.25, 0.3) is 0 Å². The van der Waals surface area contributed by atoms with Crippen LogP contribution in [0.5, 0.6) is 0 Å². The van der Waals surface area contributed by atoms with Crippen molar-refractivity contribution >= 4 is 29.3 Å². The van der Waals surface area contributed by atoms with Crippen LogP contribution in [0.15, 0.2) is 64.6 Å². The molecule has 1 aromatic rings. The predicted octanol–water partition coefficient (Wildman–Crippen LogP) is 3.27. The van der Waals surface area contributed by atoms with Crippen molar-refractivity contribution in [1.29, 1.82) is 0 Å². The second-order valence-corrected chi connectivity index (χ2v) is 5.81. The van der Waals surface area contributed by atoms with Gasteiger partial charge in [-0.1, -0.05) is 36.4 Å². The fraction of sp³-hybridized carbons (Fsp3) is 0.263. The van der Waals surface area contributed by atoms with Gasteiger partial charge in [-0.15, -0.1) is 0 Å². The summed E-state index contributed by atoms with van der Waals surface area (Å²) in [7, 11) is 1.60. The average Bonchev–Trinajstić information content (AvgIpc) is 2.64. The van der Waals surface area contributed by atoms with Gasteiger partial charge in [-0.25, -0.2) is 9.59 Å². The van der Waals surface area contributed by atoms with E-state index < -0.39 is 12.1 Å². The number of amidine groups is 1. The fourth-order valence-electron chi connectivity index (χ4n) is 2.78. The Hall–Kier alpha value is -3.06. The number of anilines is 1. The van der Waals surface area contributed by atoms with Gasteiger partial charge in [0.15, 0.2) is 0 Å². The third kappa shape index (κ3) is 4.12. The van der Waals surface area contributed by atoms with E-state index in [0.29, 0.717) is 36.8 Å². The first-order chi connectivity index (χ1) is 12.7. The smallest absolute Gasteiger partial charge is 0.349 e. The maximum Gasteiger partial charge on any atom is 0.349 e. The summed E-state index contributed by atoms with van der Waals surface area (Å²) in [6, 6.07) is 8.11. The van der Waals surface area contributed by atoms with E-state index in [2.05, 4.69) is 15.3 Å². The van der Waals surface area contributed by atoms with Gasteiger partial charge < -0.3 is 10.1 Å². The van der Waals surface area contributed by atoms with Crippen molar-refractivity contribution in [3.63, 3.8) is 0 Å². The van der Waals surface area contributed by atoms with Crippen LogP contribution in [0, 0.1) is 5.92 Å². The molecule has 1 N–H and O–H groups in total. The molecule has 2 aliphatic rings. The predicted molar refractivity (Wildman–Crippen MR) is 101 cm³/mol. The van der Waals surface area contributed by atoms with Crippen LogP contribution >= 0.6 is 0 Å². The Labute approximate surface area is 151 Å². The third-order valence-electron chi connectivity index (χ3n) is 3.98. The van der Waals surface area contributed by atoms with Gasteiger partial charge >= 0.3 is 12.1 Å². The highest BCUT2D eigenvalue weighted by Gasteiger charge is 2.34. The Morgan fingerprint density at radius 3 is 2.88 bits per heavy atom. The van der Waals surface area contributed by atoms with E-state index in [0.717, 1.165) is 0 Å². The minimum absolute atomic E-state index is 0.318. The van der Waals surface area contributed by atoms with Crippen LogP contribution in [-0.4, -0.2) is 48.8 Å². The lowest BCUT2D eigenvalue weighted by Crippen LogP contribution is -2.47. The van der Waals surface area contributed by atoms with E-state index >= 15 is 0 Å². The number of amides is 4. The second kappa shape index (κ2) is 8.35. The van der Waals surface area contributed by atoms with Crippen molar-refractivity contribution in [3.05, 3.63) is 54.6 Å². The third-order valence-corrected chi connectivity index (χ3v) is 3.98. The van der Waals surface area contributed by atoms with Gasteiger partial charge in [-0.3, -0.25) is 4.90 Å². The zero-order chi connectivity index (χ0) is 18.4.